The molecule has 0 radical (unpaired) electrons. The Morgan fingerprint density at radius 1 is 1.24 bits per heavy atom. The first-order valence-corrected chi connectivity index (χ1v) is 9.75. The predicted octanol–water partition coefficient (Wildman–Crippen LogP) is 2.34. The van der Waals surface area contributed by atoms with Crippen LogP contribution in [0.3, 0.4) is 0 Å². The van der Waals surface area contributed by atoms with E-state index in [0.717, 1.165) is 11.9 Å². The molecule has 1 aromatic carbocycles. The number of fused-ring (bicyclic) bond motifs is 1. The van der Waals surface area contributed by atoms with Crippen molar-refractivity contribution in [3.63, 3.8) is 0 Å². The van der Waals surface area contributed by atoms with Crippen LogP contribution in [0, 0.1) is 0 Å². The molecule has 0 atom stereocenters. The maximum atomic E-state index is 12.7. The number of nitrogens with zero attached hydrogens (tertiary/aromatic N) is 1. The number of ether oxygens (including phenoxy) is 2. The van der Waals surface area contributed by atoms with Gasteiger partial charge in [-0.1, -0.05) is 0 Å². The molecule has 29 heavy (non-hydrogen) atoms. The number of carbonyl (C=O) groups is 2. The van der Waals surface area contributed by atoms with Crippen molar-refractivity contribution in [1.29, 1.82) is 0 Å². The lowest BCUT2D eigenvalue weighted by Crippen LogP contribution is -2.30. The number of thioether (sulfide) groups is 1. The second kappa shape index (κ2) is 9.79. The van der Waals surface area contributed by atoms with Gasteiger partial charge in [0, 0.05) is 30.8 Å². The van der Waals surface area contributed by atoms with Gasteiger partial charge < -0.3 is 19.8 Å². The summed E-state index contributed by atoms with van der Waals surface area (Å²) < 4.78 is 47.9. The third-order valence-corrected chi connectivity index (χ3v) is 4.77. The molecular formula is C18H19F3N2O5S. The van der Waals surface area contributed by atoms with Crippen LogP contribution in [0.4, 0.5) is 13.2 Å². The van der Waals surface area contributed by atoms with Crippen molar-refractivity contribution in [2.24, 2.45) is 5.73 Å². The van der Waals surface area contributed by atoms with Crippen LogP contribution in [0.2, 0.25) is 0 Å². The summed E-state index contributed by atoms with van der Waals surface area (Å²) in [5.74, 6) is -2.52. The average molecular weight is 432 g/mol. The quantitative estimate of drug-likeness (QED) is 0.388. The van der Waals surface area contributed by atoms with Crippen LogP contribution in [0.1, 0.15) is 17.3 Å². The monoisotopic (exact) mass is 432 g/mol. The molecule has 158 valence electrons. The molecule has 0 saturated heterocycles. The molecule has 0 saturated carbocycles. The van der Waals surface area contributed by atoms with Crippen LogP contribution >= 0.6 is 11.8 Å². The number of aromatic nitrogens is 1. The molecule has 0 aliphatic heterocycles. The minimum Gasteiger partial charge on any atom is -0.493 e. The van der Waals surface area contributed by atoms with E-state index in [-0.39, 0.29) is 5.39 Å². The van der Waals surface area contributed by atoms with Crippen LogP contribution < -0.4 is 15.9 Å². The maximum Gasteiger partial charge on any atom is 0.491 e. The highest BCUT2D eigenvalue weighted by molar-refractivity contribution is 7.99. The van der Waals surface area contributed by atoms with E-state index in [1.807, 2.05) is 0 Å². The fourth-order valence-corrected chi connectivity index (χ4v) is 3.05. The molecule has 0 amide bonds. The molecule has 0 aliphatic carbocycles. The zero-order valence-corrected chi connectivity index (χ0v) is 16.3. The molecule has 2 N–H and O–H groups in total. The summed E-state index contributed by atoms with van der Waals surface area (Å²) in [4.78, 5) is 35.6. The normalized spacial score (nSPS) is 11.5. The second-order valence-corrected chi connectivity index (χ2v) is 6.99. The Kier molecular flexibility index (Phi) is 7.68. The van der Waals surface area contributed by atoms with Gasteiger partial charge in [-0.3, -0.25) is 4.79 Å². The van der Waals surface area contributed by atoms with E-state index in [0.29, 0.717) is 36.7 Å². The van der Waals surface area contributed by atoms with Gasteiger partial charge in [-0.15, -0.1) is 0 Å². The van der Waals surface area contributed by atoms with Crippen molar-refractivity contribution in [2.45, 2.75) is 19.6 Å². The molecule has 0 aliphatic rings. The Hall–Kier alpha value is -2.53. The van der Waals surface area contributed by atoms with E-state index >= 15 is 0 Å². The molecular weight excluding hydrogens is 413 g/mol. The highest BCUT2D eigenvalue weighted by Gasteiger charge is 2.43. The first kappa shape index (κ1) is 22.8. The van der Waals surface area contributed by atoms with Crippen LogP contribution in [0.25, 0.3) is 10.9 Å². The van der Waals surface area contributed by atoms with E-state index < -0.39 is 29.1 Å². The minimum atomic E-state index is -5.35. The van der Waals surface area contributed by atoms with E-state index in [2.05, 4.69) is 4.74 Å². The van der Waals surface area contributed by atoms with Gasteiger partial charge in [0.1, 0.15) is 11.3 Å². The lowest BCUT2D eigenvalue weighted by Gasteiger charge is -2.13. The van der Waals surface area contributed by atoms with Crippen LogP contribution in [-0.2, 0) is 16.1 Å². The molecule has 7 nitrogen and oxygen atoms in total. The summed E-state index contributed by atoms with van der Waals surface area (Å²) in [5.41, 5.74) is 4.33. The SMILES string of the molecule is CCn1cc(C(=O)OC(=O)C(F)(F)F)c(=O)c2cc(OCCSCCN)ccc21. The molecule has 0 unspecified atom stereocenters. The van der Waals surface area contributed by atoms with Gasteiger partial charge in [0.15, 0.2) is 0 Å². The lowest BCUT2D eigenvalue weighted by atomic mass is 10.1. The molecule has 2 aromatic rings. The van der Waals surface area contributed by atoms with E-state index in [9.17, 15) is 27.6 Å². The maximum absolute atomic E-state index is 12.7. The molecule has 2 rings (SSSR count). The average Bonchev–Trinajstić information content (AvgIpc) is 2.67. The molecule has 11 heteroatoms. The number of rotatable bonds is 8. The second-order valence-electron chi connectivity index (χ2n) is 5.76. The summed E-state index contributed by atoms with van der Waals surface area (Å²) in [5, 5.41) is 0.0628. The summed E-state index contributed by atoms with van der Waals surface area (Å²) in [6.07, 6.45) is -4.28. The Balaban J connectivity index is 2.35. The van der Waals surface area contributed by atoms with Crippen molar-refractivity contribution < 1.29 is 32.2 Å². The number of esters is 2. The summed E-state index contributed by atoms with van der Waals surface area (Å²) in [7, 11) is 0. The Labute approximate surface area is 167 Å². The zero-order chi connectivity index (χ0) is 21.6. The molecule has 1 aromatic heterocycles. The number of nitrogens with two attached hydrogens (primary N) is 1. The highest BCUT2D eigenvalue weighted by Crippen LogP contribution is 2.21. The Morgan fingerprint density at radius 2 is 1.97 bits per heavy atom. The lowest BCUT2D eigenvalue weighted by molar-refractivity contribution is -0.193. The van der Waals surface area contributed by atoms with Gasteiger partial charge >= 0.3 is 18.1 Å². The number of hydrogen-bond donors (Lipinski definition) is 1. The van der Waals surface area contributed by atoms with Gasteiger partial charge in [0.05, 0.1) is 17.5 Å². The first-order chi connectivity index (χ1) is 13.7. The van der Waals surface area contributed by atoms with Gasteiger partial charge in [-0.2, -0.15) is 24.9 Å². The molecule has 0 bridgehead atoms. The number of hydrogen-bond acceptors (Lipinski definition) is 7. The summed E-state index contributed by atoms with van der Waals surface area (Å²) in [6, 6.07) is 4.66. The molecule has 1 heterocycles. The smallest absolute Gasteiger partial charge is 0.491 e. The standard InChI is InChI=1S/C18H19F3N2O5S/c1-2-23-10-13(16(25)28-17(26)18(19,20)21)15(24)12-9-11(3-4-14(12)23)27-6-8-29-7-5-22/h3-4,9-10H,2,5-8,22H2,1H3. The topological polar surface area (TPSA) is 101 Å². The van der Waals surface area contributed by atoms with Crippen molar-refractivity contribution in [3.8, 4) is 5.75 Å². The van der Waals surface area contributed by atoms with Crippen molar-refractivity contribution in [3.05, 3.63) is 40.2 Å². The third-order valence-electron chi connectivity index (χ3n) is 3.79. The number of benzene rings is 1. The van der Waals surface area contributed by atoms with E-state index in [1.54, 1.807) is 30.8 Å². The van der Waals surface area contributed by atoms with Crippen molar-refractivity contribution in [1.82, 2.24) is 4.57 Å². The predicted molar refractivity (Wildman–Crippen MR) is 102 cm³/mol. The van der Waals surface area contributed by atoms with Crippen LogP contribution in [0.5, 0.6) is 5.75 Å². The summed E-state index contributed by atoms with van der Waals surface area (Å²) >= 11 is 1.60. The third kappa shape index (κ3) is 5.73. The van der Waals surface area contributed by atoms with E-state index in [4.69, 9.17) is 10.5 Å². The number of carbonyl (C=O) groups excluding carboxylic acids is 2. The van der Waals surface area contributed by atoms with Gasteiger partial charge in [-0.05, 0) is 25.1 Å². The fourth-order valence-electron chi connectivity index (χ4n) is 2.47. The molecule has 0 spiro atoms. The van der Waals surface area contributed by atoms with E-state index in [1.165, 1.54) is 10.6 Å². The number of alkyl halides is 3. The Bertz CT molecular complexity index is 959. The highest BCUT2D eigenvalue weighted by atomic mass is 32.2. The number of aryl methyl sites for hydroxylation is 1. The zero-order valence-electron chi connectivity index (χ0n) is 15.5. The van der Waals surface area contributed by atoms with Crippen molar-refractivity contribution >= 4 is 34.6 Å². The largest absolute Gasteiger partial charge is 0.493 e. The van der Waals surface area contributed by atoms with Gasteiger partial charge in [0.2, 0.25) is 5.43 Å². The van der Waals surface area contributed by atoms with Gasteiger partial charge in [0.25, 0.3) is 0 Å². The number of pyridine rings is 1. The van der Waals surface area contributed by atoms with Crippen molar-refractivity contribution in [2.75, 3.05) is 24.7 Å². The van der Waals surface area contributed by atoms with Gasteiger partial charge in [-0.25, -0.2) is 9.59 Å². The molecule has 0 fully saturated rings. The fraction of sp³-hybridized carbons (Fsp3) is 0.389. The first-order valence-electron chi connectivity index (χ1n) is 8.60. The summed E-state index contributed by atoms with van der Waals surface area (Å²) in [6.45, 7) is 2.95. The van der Waals surface area contributed by atoms with Crippen LogP contribution in [-0.4, -0.2) is 47.3 Å². The minimum absolute atomic E-state index is 0.0628. The Morgan fingerprint density at radius 3 is 2.59 bits per heavy atom. The number of halogens is 3. The van der Waals surface area contributed by atoms with Crippen LogP contribution in [0.15, 0.2) is 29.2 Å².